The minimum atomic E-state index is -0.547. The van der Waals surface area contributed by atoms with Crippen LogP contribution in [0.4, 0.5) is 21.9 Å². The van der Waals surface area contributed by atoms with Gasteiger partial charge in [0.25, 0.3) is 5.91 Å². The Morgan fingerprint density at radius 1 is 0.727 bits per heavy atom. The molecule has 2 amide bonds. The van der Waals surface area contributed by atoms with E-state index in [9.17, 15) is 9.59 Å². The minimum Gasteiger partial charge on any atom is -0.404 e. The molecule has 0 atom stereocenters. The maximum Gasteiger partial charge on any atom is 0.422 e. The number of ether oxygens (including phenoxy) is 1. The first kappa shape index (κ1) is 21.0. The van der Waals surface area contributed by atoms with Crippen molar-refractivity contribution in [3.05, 3.63) is 96.3 Å². The van der Waals surface area contributed by atoms with Crippen molar-refractivity contribution in [2.75, 3.05) is 4.90 Å². The Balaban J connectivity index is 1.40. The van der Waals surface area contributed by atoms with E-state index in [0.29, 0.717) is 0 Å². The van der Waals surface area contributed by atoms with Crippen LogP contribution in [0.3, 0.4) is 0 Å². The highest BCUT2D eigenvalue weighted by atomic mass is 16.6. The third-order valence-corrected chi connectivity index (χ3v) is 6.24. The molecule has 2 aliphatic rings. The Bertz CT molecular complexity index is 1110. The number of benzene rings is 3. The van der Waals surface area contributed by atoms with Gasteiger partial charge >= 0.3 is 6.09 Å². The Morgan fingerprint density at radius 2 is 1.27 bits per heavy atom. The van der Waals surface area contributed by atoms with Crippen molar-refractivity contribution >= 4 is 35.1 Å². The summed E-state index contributed by atoms with van der Waals surface area (Å²) in [4.78, 5) is 28.7. The minimum absolute atomic E-state index is 0.0441. The summed E-state index contributed by atoms with van der Waals surface area (Å²) >= 11 is 0. The molecule has 3 aromatic carbocycles. The second kappa shape index (κ2) is 9.33. The van der Waals surface area contributed by atoms with Crippen LogP contribution in [0.25, 0.3) is 6.08 Å². The molecule has 1 saturated heterocycles. The van der Waals surface area contributed by atoms with E-state index in [1.807, 2.05) is 60.7 Å². The zero-order chi connectivity index (χ0) is 22.6. The maximum atomic E-state index is 12.9. The average Bonchev–Trinajstić information content (AvgIpc) is 3.14. The first-order chi connectivity index (χ1) is 16.2. The fourth-order valence-corrected chi connectivity index (χ4v) is 4.61. The fourth-order valence-electron chi connectivity index (χ4n) is 4.61. The third-order valence-electron chi connectivity index (χ3n) is 6.24. The third kappa shape index (κ3) is 4.40. The number of cyclic esters (lactones) is 1. The van der Waals surface area contributed by atoms with Gasteiger partial charge in [-0.05, 0) is 60.9 Å². The summed E-state index contributed by atoms with van der Waals surface area (Å²) in [5, 5.41) is 0. The van der Waals surface area contributed by atoms with Crippen LogP contribution in [0, 0.1) is 0 Å². The Labute approximate surface area is 193 Å². The summed E-state index contributed by atoms with van der Waals surface area (Å²) in [6, 6.07) is 28.2. The van der Waals surface area contributed by atoms with E-state index in [4.69, 9.17) is 4.74 Å². The lowest BCUT2D eigenvalue weighted by Crippen LogP contribution is -2.40. The van der Waals surface area contributed by atoms with Gasteiger partial charge in [0.2, 0.25) is 0 Å². The standard InChI is InChI=1S/C28H26N2O3/c31-27-26(33-28(32)30(27)24-14-8-3-9-15-24)20-21-16-18-25(19-17-21)29(22-10-4-1-5-11-22)23-12-6-2-7-13-23/h1-2,4-7,10-13,16-20,24H,3,8-9,14-15H2/b26-20+. The highest BCUT2D eigenvalue weighted by molar-refractivity contribution is 6.10. The summed E-state index contributed by atoms with van der Waals surface area (Å²) < 4.78 is 5.35. The van der Waals surface area contributed by atoms with Crippen molar-refractivity contribution in [3.63, 3.8) is 0 Å². The molecule has 1 aliphatic heterocycles. The second-order valence-corrected chi connectivity index (χ2v) is 8.44. The van der Waals surface area contributed by atoms with Crippen molar-refractivity contribution in [1.29, 1.82) is 0 Å². The SMILES string of the molecule is O=C1O/C(=C/c2ccc(N(c3ccccc3)c3ccccc3)cc2)C(=O)N1C1CCCCC1. The van der Waals surface area contributed by atoms with Crippen molar-refractivity contribution in [2.45, 2.75) is 38.1 Å². The smallest absolute Gasteiger partial charge is 0.404 e. The average molecular weight is 439 g/mol. The van der Waals surface area contributed by atoms with Crippen molar-refractivity contribution in [3.8, 4) is 0 Å². The summed E-state index contributed by atoms with van der Waals surface area (Å²) in [5.41, 5.74) is 3.91. The number of anilines is 3. The van der Waals surface area contributed by atoms with E-state index in [0.717, 1.165) is 54.7 Å². The Morgan fingerprint density at radius 3 is 1.85 bits per heavy atom. The molecular weight excluding hydrogens is 412 g/mol. The number of carbonyl (C=O) groups is 2. The Hall–Kier alpha value is -3.86. The van der Waals surface area contributed by atoms with Crippen molar-refractivity contribution in [2.24, 2.45) is 0 Å². The predicted molar refractivity (Wildman–Crippen MR) is 129 cm³/mol. The second-order valence-electron chi connectivity index (χ2n) is 8.44. The molecule has 1 aliphatic carbocycles. The van der Waals surface area contributed by atoms with Crippen LogP contribution in [0.5, 0.6) is 0 Å². The molecule has 5 rings (SSSR count). The number of nitrogens with zero attached hydrogens (tertiary/aromatic N) is 2. The molecular formula is C28H26N2O3. The lowest BCUT2D eigenvalue weighted by atomic mass is 9.94. The van der Waals surface area contributed by atoms with E-state index in [2.05, 4.69) is 29.2 Å². The quantitative estimate of drug-likeness (QED) is 0.411. The largest absolute Gasteiger partial charge is 0.422 e. The monoisotopic (exact) mass is 438 g/mol. The van der Waals surface area contributed by atoms with Gasteiger partial charge in [-0.3, -0.25) is 4.79 Å². The van der Waals surface area contributed by atoms with Gasteiger partial charge in [-0.25, -0.2) is 9.69 Å². The lowest BCUT2D eigenvalue weighted by molar-refractivity contribution is -0.125. The molecule has 0 bridgehead atoms. The number of amides is 2. The van der Waals surface area contributed by atoms with E-state index < -0.39 is 6.09 Å². The molecule has 0 aromatic heterocycles. The van der Waals surface area contributed by atoms with Gasteiger partial charge in [0.15, 0.2) is 5.76 Å². The number of hydrogen-bond acceptors (Lipinski definition) is 4. The highest BCUT2D eigenvalue weighted by Gasteiger charge is 2.41. The maximum absolute atomic E-state index is 12.9. The number of rotatable bonds is 5. The van der Waals surface area contributed by atoms with Gasteiger partial charge in [0, 0.05) is 23.1 Å². The van der Waals surface area contributed by atoms with Crippen molar-refractivity contribution < 1.29 is 14.3 Å². The van der Waals surface area contributed by atoms with Crippen molar-refractivity contribution in [1.82, 2.24) is 4.90 Å². The fraction of sp³-hybridized carbons (Fsp3) is 0.214. The van der Waals surface area contributed by atoms with E-state index in [1.165, 1.54) is 4.90 Å². The molecule has 0 unspecified atom stereocenters. The van der Waals surface area contributed by atoms with E-state index >= 15 is 0 Å². The summed E-state index contributed by atoms with van der Waals surface area (Å²) in [5.74, 6) is -0.229. The molecule has 5 nitrogen and oxygen atoms in total. The number of carbonyl (C=O) groups excluding carboxylic acids is 2. The molecule has 5 heteroatoms. The highest BCUT2D eigenvalue weighted by Crippen LogP contribution is 2.35. The molecule has 3 aromatic rings. The molecule has 33 heavy (non-hydrogen) atoms. The molecule has 2 fully saturated rings. The van der Waals surface area contributed by atoms with Gasteiger partial charge in [-0.15, -0.1) is 0 Å². The molecule has 1 heterocycles. The van der Waals surface area contributed by atoms with Crippen LogP contribution in [0.2, 0.25) is 0 Å². The first-order valence-electron chi connectivity index (χ1n) is 11.5. The zero-order valence-corrected chi connectivity index (χ0v) is 18.4. The number of para-hydroxylation sites is 2. The normalized spacial score (nSPS) is 17.9. The van der Waals surface area contributed by atoms with Crippen LogP contribution in [-0.4, -0.2) is 22.9 Å². The van der Waals surface area contributed by atoms with Gasteiger partial charge in [0.05, 0.1) is 0 Å². The van der Waals surface area contributed by atoms with E-state index in [-0.39, 0.29) is 17.7 Å². The summed E-state index contributed by atoms with van der Waals surface area (Å²) in [6.45, 7) is 0. The number of imide groups is 1. The van der Waals surface area contributed by atoms with Gasteiger partial charge in [-0.1, -0.05) is 67.8 Å². The topological polar surface area (TPSA) is 49.9 Å². The van der Waals surface area contributed by atoms with Gasteiger partial charge in [-0.2, -0.15) is 0 Å². The molecule has 0 radical (unpaired) electrons. The van der Waals surface area contributed by atoms with Gasteiger partial charge < -0.3 is 9.64 Å². The van der Waals surface area contributed by atoms with Crippen LogP contribution in [-0.2, 0) is 9.53 Å². The first-order valence-corrected chi connectivity index (χ1v) is 11.5. The molecule has 0 N–H and O–H groups in total. The predicted octanol–water partition coefficient (Wildman–Crippen LogP) is 6.81. The summed E-state index contributed by atoms with van der Waals surface area (Å²) in [6.07, 6.45) is 6.07. The summed E-state index contributed by atoms with van der Waals surface area (Å²) in [7, 11) is 0. The molecule has 0 spiro atoms. The zero-order valence-electron chi connectivity index (χ0n) is 18.4. The van der Waals surface area contributed by atoms with Gasteiger partial charge in [0.1, 0.15) is 0 Å². The van der Waals surface area contributed by atoms with Crippen LogP contribution >= 0.6 is 0 Å². The Kier molecular flexibility index (Phi) is 5.94. The van der Waals surface area contributed by atoms with Crippen LogP contribution < -0.4 is 4.90 Å². The molecule has 166 valence electrons. The van der Waals surface area contributed by atoms with Crippen LogP contribution in [0.15, 0.2) is 90.7 Å². The van der Waals surface area contributed by atoms with Crippen LogP contribution in [0.1, 0.15) is 37.7 Å². The molecule has 1 saturated carbocycles. The van der Waals surface area contributed by atoms with E-state index in [1.54, 1.807) is 6.08 Å². The lowest BCUT2D eigenvalue weighted by Gasteiger charge is -2.27. The number of hydrogen-bond donors (Lipinski definition) is 0.